The number of carbonyl (C=O) groups excluding carboxylic acids is 2. The van der Waals surface area contributed by atoms with Crippen molar-refractivity contribution >= 4 is 42.7 Å². The van der Waals surface area contributed by atoms with E-state index in [1.165, 1.54) is 7.11 Å². The van der Waals surface area contributed by atoms with Crippen LogP contribution >= 0.6 is 24.8 Å². The van der Waals surface area contributed by atoms with Crippen LogP contribution in [0.5, 0.6) is 0 Å². The van der Waals surface area contributed by atoms with E-state index in [9.17, 15) is 9.59 Å². The van der Waals surface area contributed by atoms with E-state index in [4.69, 9.17) is 21.9 Å². The molecule has 0 aromatic carbocycles. The lowest BCUT2D eigenvalue weighted by Crippen LogP contribution is -2.49. The van der Waals surface area contributed by atoms with Crippen LogP contribution in [0, 0.1) is 0 Å². The number of nitrogens with zero attached hydrogens (tertiary/aromatic N) is 2. The fraction of sp³-hybridized carbons (Fsp3) is 0.625. The first kappa shape index (κ1) is 28.2. The lowest BCUT2D eigenvalue weighted by molar-refractivity contribution is -0.145. The molecule has 0 radical (unpaired) electrons. The molecule has 1 rings (SSSR count). The van der Waals surface area contributed by atoms with Crippen molar-refractivity contribution in [1.29, 1.82) is 0 Å². The van der Waals surface area contributed by atoms with Crippen LogP contribution in [0.3, 0.4) is 0 Å². The van der Waals surface area contributed by atoms with E-state index in [0.29, 0.717) is 19.4 Å². The maximum atomic E-state index is 12.3. The number of guanidine groups is 1. The number of aliphatic imine (C=N–C) groups is 1. The molecule has 0 aliphatic carbocycles. The topological polar surface area (TPSA) is 174 Å². The zero-order valence-corrected chi connectivity index (χ0v) is 17.9. The molecule has 1 aromatic rings. The molecule has 0 fully saturated rings. The largest absolute Gasteiger partial charge is 0.467 e. The van der Waals surface area contributed by atoms with Gasteiger partial charge < -0.3 is 32.2 Å². The van der Waals surface area contributed by atoms with Crippen molar-refractivity contribution in [3.63, 3.8) is 0 Å². The average Bonchev–Trinajstić information content (AvgIpc) is 3.05. The third-order valence-electron chi connectivity index (χ3n) is 3.72. The number of ether oxygens (including phenoxy) is 1. The first-order valence-corrected chi connectivity index (χ1v) is 8.47. The van der Waals surface area contributed by atoms with E-state index in [1.54, 1.807) is 6.20 Å². The highest BCUT2D eigenvalue weighted by Crippen LogP contribution is 2.10. The minimum absolute atomic E-state index is 0. The number of amides is 1. The molecule has 1 heterocycles. The van der Waals surface area contributed by atoms with E-state index in [-0.39, 0.29) is 43.1 Å². The van der Waals surface area contributed by atoms with Crippen molar-refractivity contribution in [2.45, 2.75) is 51.1 Å². The Morgan fingerprint density at radius 3 is 2.46 bits per heavy atom. The Kier molecular flexibility index (Phi) is 14.1. The number of aromatic amines is 1. The monoisotopic (exact) mass is 439 g/mol. The van der Waals surface area contributed by atoms with E-state index in [0.717, 1.165) is 11.5 Å². The van der Waals surface area contributed by atoms with Gasteiger partial charge in [0.1, 0.15) is 11.9 Å². The summed E-state index contributed by atoms with van der Waals surface area (Å²) < 4.78 is 4.72. The molecule has 0 unspecified atom stereocenters. The molecule has 162 valence electrons. The molecule has 0 aliphatic heterocycles. The highest BCUT2D eigenvalue weighted by Gasteiger charge is 2.24. The van der Waals surface area contributed by atoms with Gasteiger partial charge in [0.05, 0.1) is 13.2 Å². The fourth-order valence-electron chi connectivity index (χ4n) is 2.28. The number of esters is 1. The fourth-order valence-corrected chi connectivity index (χ4v) is 2.28. The van der Waals surface area contributed by atoms with Crippen molar-refractivity contribution in [2.24, 2.45) is 22.2 Å². The molecule has 0 aliphatic rings. The summed E-state index contributed by atoms with van der Waals surface area (Å²) in [5.74, 6) is 0.0790. The van der Waals surface area contributed by atoms with Crippen molar-refractivity contribution in [3.8, 4) is 0 Å². The standard InChI is InChI=1S/C16H29N7O3.2ClH/c1-9(2)13-21-8-10(22-13)7-11(17)14(24)23-12(15(25)26-3)5-4-6-20-16(18)19;;/h8-9,11-12H,4-7,17H2,1-3H3,(H,21,22)(H,23,24)(H4,18,19,20);2*1H/t11-,12-;;/m0../s1. The molecule has 2 atom stereocenters. The number of H-pyrrole nitrogens is 1. The Labute approximate surface area is 177 Å². The van der Waals surface area contributed by atoms with Crippen LogP contribution in [-0.2, 0) is 20.7 Å². The molecule has 8 N–H and O–H groups in total. The van der Waals surface area contributed by atoms with Crippen molar-refractivity contribution in [2.75, 3.05) is 13.7 Å². The van der Waals surface area contributed by atoms with Gasteiger partial charge in [0.15, 0.2) is 5.96 Å². The molecule has 0 bridgehead atoms. The van der Waals surface area contributed by atoms with Gasteiger partial charge in [-0.15, -0.1) is 24.8 Å². The van der Waals surface area contributed by atoms with Gasteiger partial charge in [0.2, 0.25) is 5.91 Å². The molecule has 0 saturated carbocycles. The predicted molar refractivity (Wildman–Crippen MR) is 113 cm³/mol. The molecule has 10 nitrogen and oxygen atoms in total. The number of aromatic nitrogens is 2. The average molecular weight is 440 g/mol. The Morgan fingerprint density at radius 1 is 1.32 bits per heavy atom. The van der Waals surface area contributed by atoms with Crippen LogP contribution in [0.15, 0.2) is 11.2 Å². The number of rotatable bonds is 10. The Balaban J connectivity index is 0. The first-order valence-electron chi connectivity index (χ1n) is 8.47. The van der Waals surface area contributed by atoms with Crippen molar-refractivity contribution < 1.29 is 14.3 Å². The summed E-state index contributed by atoms with van der Waals surface area (Å²) in [6, 6.07) is -1.62. The Hall–Kier alpha value is -2.04. The minimum atomic E-state index is -0.819. The van der Waals surface area contributed by atoms with Gasteiger partial charge in [-0.05, 0) is 12.8 Å². The van der Waals surface area contributed by atoms with Gasteiger partial charge in [-0.3, -0.25) is 9.79 Å². The number of hydrogen-bond acceptors (Lipinski definition) is 6. The zero-order chi connectivity index (χ0) is 19.7. The van der Waals surface area contributed by atoms with E-state index in [2.05, 4.69) is 20.3 Å². The van der Waals surface area contributed by atoms with Crippen LogP contribution in [0.1, 0.15) is 44.1 Å². The van der Waals surface area contributed by atoms with Gasteiger partial charge in [-0.2, -0.15) is 0 Å². The maximum absolute atomic E-state index is 12.3. The zero-order valence-electron chi connectivity index (χ0n) is 16.3. The number of nitrogens with two attached hydrogens (primary N) is 3. The molecule has 0 saturated heterocycles. The number of nitrogens with one attached hydrogen (secondary N) is 2. The number of methoxy groups -OCH3 is 1. The van der Waals surface area contributed by atoms with Gasteiger partial charge >= 0.3 is 5.97 Å². The second-order valence-corrected chi connectivity index (χ2v) is 6.29. The van der Waals surface area contributed by atoms with Gasteiger partial charge in [-0.25, -0.2) is 9.78 Å². The molecule has 1 amide bonds. The minimum Gasteiger partial charge on any atom is -0.467 e. The molecule has 28 heavy (non-hydrogen) atoms. The van der Waals surface area contributed by atoms with Gasteiger partial charge in [0, 0.05) is 30.8 Å². The third-order valence-corrected chi connectivity index (χ3v) is 3.72. The Bertz CT molecular complexity index is 634. The summed E-state index contributed by atoms with van der Waals surface area (Å²) in [5.41, 5.74) is 17.2. The van der Waals surface area contributed by atoms with Gasteiger partial charge in [-0.1, -0.05) is 13.8 Å². The molecule has 0 spiro atoms. The van der Waals surface area contributed by atoms with Crippen LogP contribution in [0.25, 0.3) is 0 Å². The van der Waals surface area contributed by atoms with Crippen LogP contribution in [0.2, 0.25) is 0 Å². The predicted octanol–water partition coefficient (Wildman–Crippen LogP) is -0.0421. The summed E-state index contributed by atoms with van der Waals surface area (Å²) in [6.07, 6.45) is 2.79. The van der Waals surface area contributed by atoms with Crippen molar-refractivity contribution in [1.82, 2.24) is 15.3 Å². The SMILES string of the molecule is COC(=O)[C@H](CCCN=C(N)N)NC(=O)[C@@H](N)Cc1cnc(C(C)C)[nH]1.Cl.Cl. The van der Waals surface area contributed by atoms with E-state index in [1.807, 2.05) is 13.8 Å². The number of halogens is 2. The molecule has 1 aromatic heterocycles. The highest BCUT2D eigenvalue weighted by atomic mass is 35.5. The lowest BCUT2D eigenvalue weighted by Gasteiger charge is -2.18. The summed E-state index contributed by atoms with van der Waals surface area (Å²) in [6.45, 7) is 4.38. The lowest BCUT2D eigenvalue weighted by atomic mass is 10.1. The third kappa shape index (κ3) is 9.77. The molecule has 12 heteroatoms. The second-order valence-electron chi connectivity index (χ2n) is 6.29. The highest BCUT2D eigenvalue weighted by molar-refractivity contribution is 5.87. The summed E-state index contributed by atoms with van der Waals surface area (Å²) in [5, 5.41) is 2.62. The van der Waals surface area contributed by atoms with Crippen molar-refractivity contribution in [3.05, 3.63) is 17.7 Å². The summed E-state index contributed by atoms with van der Waals surface area (Å²) >= 11 is 0. The Morgan fingerprint density at radius 2 is 1.96 bits per heavy atom. The number of hydrogen-bond donors (Lipinski definition) is 5. The smallest absolute Gasteiger partial charge is 0.328 e. The van der Waals surface area contributed by atoms with Crippen LogP contribution in [-0.4, -0.2) is 53.5 Å². The van der Waals surface area contributed by atoms with Crippen LogP contribution in [0.4, 0.5) is 0 Å². The molecular weight excluding hydrogens is 409 g/mol. The summed E-state index contributed by atoms with van der Waals surface area (Å²) in [7, 11) is 1.26. The maximum Gasteiger partial charge on any atom is 0.328 e. The number of carbonyl (C=O) groups is 2. The normalized spacial score (nSPS) is 12.2. The number of imidazole rings is 1. The molecular formula is C16H31Cl2N7O3. The van der Waals surface area contributed by atoms with Crippen LogP contribution < -0.4 is 22.5 Å². The second kappa shape index (κ2) is 14.0. The quantitative estimate of drug-likeness (QED) is 0.147. The van der Waals surface area contributed by atoms with E-state index < -0.39 is 24.0 Å². The summed E-state index contributed by atoms with van der Waals surface area (Å²) in [4.78, 5) is 35.4. The van der Waals surface area contributed by atoms with E-state index >= 15 is 0 Å². The van der Waals surface area contributed by atoms with Gasteiger partial charge in [0.25, 0.3) is 0 Å². The first-order chi connectivity index (χ1) is 12.2.